The molecule has 1 aliphatic heterocycles. The minimum absolute atomic E-state index is 0.0533. The number of aliphatic hydroxyl groups excluding tert-OH is 1. The summed E-state index contributed by atoms with van der Waals surface area (Å²) >= 11 is 0. The van der Waals surface area contributed by atoms with Gasteiger partial charge in [0.05, 0.1) is 12.9 Å². The van der Waals surface area contributed by atoms with Crippen molar-refractivity contribution >= 4 is 17.1 Å². The summed E-state index contributed by atoms with van der Waals surface area (Å²) < 4.78 is 6.86. The van der Waals surface area contributed by atoms with E-state index in [9.17, 15) is 15.0 Å². The first kappa shape index (κ1) is 14.3. The summed E-state index contributed by atoms with van der Waals surface area (Å²) in [5.41, 5.74) is 11.8. The van der Waals surface area contributed by atoms with Crippen LogP contribution in [0.3, 0.4) is 0 Å². The van der Waals surface area contributed by atoms with E-state index < -0.39 is 30.2 Å². The van der Waals surface area contributed by atoms with Gasteiger partial charge in [0.15, 0.2) is 16.9 Å². The fourth-order valence-corrected chi connectivity index (χ4v) is 2.42. The van der Waals surface area contributed by atoms with E-state index in [2.05, 4.69) is 25.0 Å². The molecular formula is C10H12N8O4. The van der Waals surface area contributed by atoms with E-state index in [0.717, 1.165) is 0 Å². The molecule has 0 amide bonds. The molecule has 3 atom stereocenters. The van der Waals surface area contributed by atoms with Crippen molar-refractivity contribution in [2.45, 2.75) is 24.5 Å². The van der Waals surface area contributed by atoms with Crippen LogP contribution in [0.15, 0.2) is 16.2 Å². The number of nitrogens with two attached hydrogens (primary N) is 1. The highest BCUT2D eigenvalue weighted by Crippen LogP contribution is 2.38. The highest BCUT2D eigenvalue weighted by atomic mass is 16.5. The largest absolute Gasteiger partial charge is 0.394 e. The lowest BCUT2D eigenvalue weighted by atomic mass is 10.1. The molecule has 1 aliphatic rings. The van der Waals surface area contributed by atoms with Gasteiger partial charge >= 0.3 is 0 Å². The molecule has 0 bridgehead atoms. The van der Waals surface area contributed by atoms with Crippen molar-refractivity contribution in [2.24, 2.45) is 5.11 Å². The SMILES string of the molecule is [N-]=[N+]=N[C@]1(O)C[C@H](n2cnc3c(=O)[nH]c(N)nc32)O[C@@H]1CO. The lowest BCUT2D eigenvalue weighted by Crippen LogP contribution is -2.38. The van der Waals surface area contributed by atoms with E-state index in [1.165, 1.54) is 10.9 Å². The van der Waals surface area contributed by atoms with Crippen molar-refractivity contribution in [2.75, 3.05) is 12.3 Å². The van der Waals surface area contributed by atoms with Gasteiger partial charge < -0.3 is 20.7 Å². The Kier molecular flexibility index (Phi) is 3.22. The van der Waals surface area contributed by atoms with E-state index in [-0.39, 0.29) is 23.5 Å². The molecule has 116 valence electrons. The first-order chi connectivity index (χ1) is 10.5. The van der Waals surface area contributed by atoms with Gasteiger partial charge in [-0.2, -0.15) is 4.98 Å². The van der Waals surface area contributed by atoms with Crippen LogP contribution in [-0.4, -0.2) is 48.2 Å². The molecule has 12 nitrogen and oxygen atoms in total. The van der Waals surface area contributed by atoms with Crippen molar-refractivity contribution in [3.8, 4) is 0 Å². The number of rotatable bonds is 3. The molecule has 22 heavy (non-hydrogen) atoms. The lowest BCUT2D eigenvalue weighted by molar-refractivity contribution is -0.0784. The number of hydrogen-bond donors (Lipinski definition) is 4. The zero-order chi connectivity index (χ0) is 15.9. The molecule has 0 radical (unpaired) electrons. The number of imidazole rings is 1. The number of azide groups is 1. The predicted molar refractivity (Wildman–Crippen MR) is 72.3 cm³/mol. The number of hydrogen-bond acceptors (Lipinski definition) is 8. The summed E-state index contributed by atoms with van der Waals surface area (Å²) in [7, 11) is 0. The van der Waals surface area contributed by atoms with Crippen molar-refractivity contribution in [1.29, 1.82) is 0 Å². The molecule has 12 heteroatoms. The second-order valence-electron chi connectivity index (χ2n) is 4.81. The minimum Gasteiger partial charge on any atom is -0.394 e. The molecule has 0 aliphatic carbocycles. The molecule has 0 spiro atoms. The van der Waals surface area contributed by atoms with Gasteiger partial charge in [0.2, 0.25) is 5.95 Å². The van der Waals surface area contributed by atoms with Gasteiger partial charge in [-0.25, -0.2) is 4.98 Å². The third-order valence-corrected chi connectivity index (χ3v) is 3.46. The van der Waals surface area contributed by atoms with E-state index >= 15 is 0 Å². The summed E-state index contributed by atoms with van der Waals surface area (Å²) in [6, 6.07) is 0. The minimum atomic E-state index is -1.91. The molecule has 2 aromatic rings. The smallest absolute Gasteiger partial charge is 0.280 e. The normalized spacial score (nSPS) is 27.9. The number of aromatic amines is 1. The van der Waals surface area contributed by atoms with E-state index in [1.807, 2.05) is 0 Å². The van der Waals surface area contributed by atoms with Crippen molar-refractivity contribution in [1.82, 2.24) is 19.5 Å². The number of H-pyrrole nitrogens is 1. The van der Waals surface area contributed by atoms with Gasteiger partial charge in [0.1, 0.15) is 12.3 Å². The van der Waals surface area contributed by atoms with Crippen LogP contribution in [0, 0.1) is 0 Å². The topological polar surface area (TPSA) is 188 Å². The number of aliphatic hydroxyl groups is 2. The van der Waals surface area contributed by atoms with Crippen molar-refractivity contribution in [3.63, 3.8) is 0 Å². The molecule has 5 N–H and O–H groups in total. The maximum atomic E-state index is 11.7. The van der Waals surface area contributed by atoms with Gasteiger partial charge in [-0.05, 0) is 5.53 Å². The average molecular weight is 308 g/mol. The van der Waals surface area contributed by atoms with Crippen LogP contribution in [-0.2, 0) is 4.74 Å². The van der Waals surface area contributed by atoms with E-state index in [0.29, 0.717) is 0 Å². The van der Waals surface area contributed by atoms with E-state index in [1.54, 1.807) is 0 Å². The average Bonchev–Trinajstić information content (AvgIpc) is 3.00. The number of anilines is 1. The fourth-order valence-electron chi connectivity index (χ4n) is 2.42. The van der Waals surface area contributed by atoms with Crippen LogP contribution < -0.4 is 11.3 Å². The van der Waals surface area contributed by atoms with Crippen LogP contribution in [0.25, 0.3) is 21.6 Å². The van der Waals surface area contributed by atoms with Crippen molar-refractivity contribution < 1.29 is 14.9 Å². The Bertz CT molecular complexity index is 824. The second kappa shape index (κ2) is 4.96. The van der Waals surface area contributed by atoms with Crippen LogP contribution in [0.5, 0.6) is 0 Å². The van der Waals surface area contributed by atoms with Crippen LogP contribution >= 0.6 is 0 Å². The van der Waals surface area contributed by atoms with Gasteiger partial charge in [0.25, 0.3) is 5.56 Å². The maximum Gasteiger partial charge on any atom is 0.280 e. The monoisotopic (exact) mass is 308 g/mol. The standard InChI is InChI=1S/C10H12N8O4/c11-9-14-7-6(8(20)15-9)13-3-18(7)5-1-10(21,16-17-12)4(2-19)22-5/h3-5,19,21H,1-2H2,(H3,11,14,15,20)/t4-,5-,10+/m1/s1. The predicted octanol–water partition coefficient (Wildman–Crippen LogP) is -1.02. The molecule has 0 aromatic carbocycles. The Labute approximate surface area is 121 Å². The Morgan fingerprint density at radius 2 is 2.50 bits per heavy atom. The first-order valence-corrected chi connectivity index (χ1v) is 6.26. The number of fused-ring (bicyclic) bond motifs is 1. The Morgan fingerprint density at radius 3 is 3.18 bits per heavy atom. The Balaban J connectivity index is 2.06. The van der Waals surface area contributed by atoms with Crippen molar-refractivity contribution in [3.05, 3.63) is 27.1 Å². The third-order valence-electron chi connectivity index (χ3n) is 3.46. The summed E-state index contributed by atoms with van der Waals surface area (Å²) in [6.45, 7) is -0.547. The second-order valence-corrected chi connectivity index (χ2v) is 4.81. The number of nitrogen functional groups attached to an aromatic ring is 1. The maximum absolute atomic E-state index is 11.7. The Hall–Kier alpha value is -2.66. The summed E-state index contributed by atoms with van der Waals surface area (Å²) in [5, 5.41) is 22.8. The van der Waals surface area contributed by atoms with Crippen LogP contribution in [0.1, 0.15) is 12.6 Å². The van der Waals surface area contributed by atoms with Gasteiger partial charge in [0, 0.05) is 11.3 Å². The molecule has 0 unspecified atom stereocenters. The zero-order valence-electron chi connectivity index (χ0n) is 11.1. The van der Waals surface area contributed by atoms with Gasteiger partial charge in [-0.1, -0.05) is 5.11 Å². The van der Waals surface area contributed by atoms with Crippen LogP contribution in [0.2, 0.25) is 0 Å². The van der Waals surface area contributed by atoms with Gasteiger partial charge in [-0.15, -0.1) is 0 Å². The molecular weight excluding hydrogens is 296 g/mol. The fraction of sp³-hybridized carbons (Fsp3) is 0.500. The molecule has 1 saturated heterocycles. The summed E-state index contributed by atoms with van der Waals surface area (Å²) in [4.78, 5) is 24.5. The highest BCUT2D eigenvalue weighted by molar-refractivity contribution is 5.70. The number of ether oxygens (including phenoxy) is 1. The Morgan fingerprint density at radius 1 is 1.73 bits per heavy atom. The summed E-state index contributed by atoms with van der Waals surface area (Å²) in [6.07, 6.45) is -0.772. The van der Waals surface area contributed by atoms with Gasteiger partial charge in [-0.3, -0.25) is 14.3 Å². The lowest BCUT2D eigenvalue weighted by Gasteiger charge is -2.19. The molecule has 0 saturated carbocycles. The highest BCUT2D eigenvalue weighted by Gasteiger charge is 2.48. The molecule has 1 fully saturated rings. The van der Waals surface area contributed by atoms with E-state index in [4.69, 9.17) is 16.0 Å². The molecule has 3 rings (SSSR count). The molecule has 2 aromatic heterocycles. The summed E-state index contributed by atoms with van der Waals surface area (Å²) in [5.74, 6) is -0.0961. The number of nitrogens with one attached hydrogen (secondary N) is 1. The van der Waals surface area contributed by atoms with Crippen LogP contribution in [0.4, 0.5) is 5.95 Å². The number of nitrogens with zero attached hydrogens (tertiary/aromatic N) is 6. The quantitative estimate of drug-likeness (QED) is 0.317. The third kappa shape index (κ3) is 2.07. The zero-order valence-corrected chi connectivity index (χ0v) is 11.1. The molecule has 3 heterocycles. The first-order valence-electron chi connectivity index (χ1n) is 6.26. The number of aromatic nitrogens is 4.